The first-order valence-corrected chi connectivity index (χ1v) is 13.4. The van der Waals surface area contributed by atoms with Gasteiger partial charge in [0.05, 0.1) is 37.5 Å². The van der Waals surface area contributed by atoms with E-state index in [4.69, 9.17) is 9.47 Å². The standard InChI is InChI=1S/C18H16N3O.C17H13N3O.HI/c1-21-7-3-4-13(12-21)8-14(10-19)17-11-20-18-6-5-15(22-2)9-16(17)18;1-21-14-4-5-17-15(8-14)16(11-20-17)13(9-18)7-12-3-2-6-19-10-12;/h3-9,11-12,20H,1-2H3;2-8,10-11,20H,1H3;1H/q+1;;/p-1/b14-8+;13-7+;. The molecule has 2 aromatic carbocycles. The van der Waals surface area contributed by atoms with Gasteiger partial charge in [-0.3, -0.25) is 4.98 Å². The molecule has 0 amide bonds. The number of benzene rings is 2. The second kappa shape index (κ2) is 14.7. The van der Waals surface area contributed by atoms with E-state index in [-0.39, 0.29) is 24.0 Å². The van der Waals surface area contributed by atoms with E-state index < -0.39 is 0 Å². The summed E-state index contributed by atoms with van der Waals surface area (Å²) in [7, 11) is 5.22. The van der Waals surface area contributed by atoms with Crippen LogP contribution in [-0.2, 0) is 7.05 Å². The van der Waals surface area contributed by atoms with Gasteiger partial charge >= 0.3 is 0 Å². The third kappa shape index (κ3) is 7.14. The highest BCUT2D eigenvalue weighted by atomic mass is 127. The molecule has 4 heterocycles. The molecule has 8 nitrogen and oxygen atoms in total. The fourth-order valence-electron chi connectivity index (χ4n) is 4.73. The summed E-state index contributed by atoms with van der Waals surface area (Å²) in [6, 6.07) is 23.8. The molecule has 0 bridgehead atoms. The minimum absolute atomic E-state index is 0. The number of halogens is 1. The van der Waals surface area contributed by atoms with Gasteiger partial charge in [-0.25, -0.2) is 4.57 Å². The molecule has 0 aliphatic carbocycles. The monoisotopic (exact) mass is 692 g/mol. The molecule has 0 spiro atoms. The molecule has 9 heteroatoms. The van der Waals surface area contributed by atoms with E-state index in [1.165, 1.54) is 0 Å². The van der Waals surface area contributed by atoms with Crippen molar-refractivity contribution in [1.82, 2.24) is 15.0 Å². The van der Waals surface area contributed by atoms with Gasteiger partial charge in [0, 0.05) is 69.3 Å². The Labute approximate surface area is 272 Å². The third-order valence-electron chi connectivity index (χ3n) is 6.87. The summed E-state index contributed by atoms with van der Waals surface area (Å²) >= 11 is 0. The van der Waals surface area contributed by atoms with E-state index in [1.807, 2.05) is 109 Å². The third-order valence-corrected chi connectivity index (χ3v) is 6.87. The van der Waals surface area contributed by atoms with Crippen LogP contribution in [0.4, 0.5) is 0 Å². The maximum Gasteiger partial charge on any atom is 0.175 e. The molecule has 0 fully saturated rings. The van der Waals surface area contributed by atoms with Gasteiger partial charge in [-0.1, -0.05) is 6.07 Å². The van der Waals surface area contributed by atoms with Crippen LogP contribution >= 0.6 is 0 Å². The summed E-state index contributed by atoms with van der Waals surface area (Å²) in [6.07, 6.45) is 14.8. The number of nitriles is 2. The molecule has 0 saturated carbocycles. The lowest BCUT2D eigenvalue weighted by Gasteiger charge is -2.01. The first kappa shape index (κ1) is 31.5. The maximum absolute atomic E-state index is 9.54. The van der Waals surface area contributed by atoms with Gasteiger partial charge in [0.25, 0.3) is 0 Å². The molecule has 0 saturated heterocycles. The number of H-pyrrole nitrogens is 2. The molecule has 44 heavy (non-hydrogen) atoms. The molecule has 0 aliphatic rings. The summed E-state index contributed by atoms with van der Waals surface area (Å²) in [5, 5.41) is 20.9. The Hall–Kier alpha value is -5.39. The number of rotatable bonds is 6. The number of aromatic nitrogens is 4. The van der Waals surface area contributed by atoms with Crippen molar-refractivity contribution in [3.8, 4) is 23.6 Å². The molecule has 218 valence electrons. The van der Waals surface area contributed by atoms with Crippen LogP contribution in [0.5, 0.6) is 11.5 Å². The molecular formula is C35H29IN6O2. The number of nitrogens with zero attached hydrogens (tertiary/aromatic N) is 4. The highest BCUT2D eigenvalue weighted by Gasteiger charge is 2.11. The predicted molar refractivity (Wildman–Crippen MR) is 169 cm³/mol. The smallest absolute Gasteiger partial charge is 0.175 e. The second-order valence-electron chi connectivity index (χ2n) is 9.66. The van der Waals surface area contributed by atoms with Gasteiger partial charge in [-0.15, -0.1) is 0 Å². The number of hydrogen-bond donors (Lipinski definition) is 2. The number of aryl methyl sites for hydroxylation is 1. The highest BCUT2D eigenvalue weighted by molar-refractivity contribution is 6.02. The number of aromatic amines is 2. The SMILES string of the molecule is COc1ccc2[nH]cc(/C(C#N)=C/c3ccc[n+](C)c3)c2c1.COc1ccc2[nH]cc(/C(C#N)=C/c3cccnc3)c2c1.[I-]. The second-order valence-corrected chi connectivity index (χ2v) is 9.66. The zero-order valence-electron chi connectivity index (χ0n) is 24.4. The first-order valence-electron chi connectivity index (χ1n) is 13.4. The van der Waals surface area contributed by atoms with Gasteiger partial charge in [-0.05, 0) is 66.2 Å². The molecule has 6 aromatic rings. The Morgan fingerprint density at radius 3 is 1.82 bits per heavy atom. The van der Waals surface area contributed by atoms with Crippen molar-refractivity contribution in [1.29, 1.82) is 10.5 Å². The van der Waals surface area contributed by atoms with Gasteiger partial charge in [-0.2, -0.15) is 10.5 Å². The predicted octanol–water partition coefficient (Wildman–Crippen LogP) is 3.70. The van der Waals surface area contributed by atoms with Crippen molar-refractivity contribution < 1.29 is 38.0 Å². The van der Waals surface area contributed by atoms with Crippen molar-refractivity contribution in [3.05, 3.63) is 120 Å². The van der Waals surface area contributed by atoms with E-state index in [1.54, 1.807) is 26.6 Å². The summed E-state index contributed by atoms with van der Waals surface area (Å²) in [5.74, 6) is 1.54. The lowest BCUT2D eigenvalue weighted by Crippen LogP contribution is -3.00. The number of ether oxygens (including phenoxy) is 2. The van der Waals surface area contributed by atoms with Crippen molar-refractivity contribution in [3.63, 3.8) is 0 Å². The fraction of sp³-hybridized carbons (Fsp3) is 0.0857. The minimum atomic E-state index is 0. The highest BCUT2D eigenvalue weighted by Crippen LogP contribution is 2.30. The number of pyridine rings is 2. The summed E-state index contributed by atoms with van der Waals surface area (Å²) in [4.78, 5) is 10.4. The van der Waals surface area contributed by atoms with Crippen molar-refractivity contribution >= 4 is 45.1 Å². The van der Waals surface area contributed by atoms with Crippen LogP contribution < -0.4 is 38.0 Å². The molecule has 6 rings (SSSR count). The molecule has 4 aromatic heterocycles. The van der Waals surface area contributed by atoms with Gasteiger partial charge in [0.15, 0.2) is 12.4 Å². The van der Waals surface area contributed by atoms with Gasteiger partial charge < -0.3 is 43.4 Å². The Morgan fingerprint density at radius 2 is 1.34 bits per heavy atom. The van der Waals surface area contributed by atoms with Crippen LogP contribution in [0.25, 0.3) is 45.1 Å². The zero-order chi connectivity index (χ0) is 30.2. The van der Waals surface area contributed by atoms with E-state index >= 15 is 0 Å². The Morgan fingerprint density at radius 1 is 0.795 bits per heavy atom. The lowest BCUT2D eigenvalue weighted by atomic mass is 10.0. The van der Waals surface area contributed by atoms with E-state index in [9.17, 15) is 10.5 Å². The fourth-order valence-corrected chi connectivity index (χ4v) is 4.73. The van der Waals surface area contributed by atoms with Crippen LogP contribution in [0, 0.1) is 22.7 Å². The van der Waals surface area contributed by atoms with Crippen LogP contribution in [0.3, 0.4) is 0 Å². The molecule has 0 aliphatic heterocycles. The van der Waals surface area contributed by atoms with Crippen molar-refractivity contribution in [2.24, 2.45) is 7.05 Å². The number of fused-ring (bicyclic) bond motifs is 2. The molecular weight excluding hydrogens is 663 g/mol. The quantitative estimate of drug-likeness (QED) is 0.157. The number of allylic oxidation sites excluding steroid dienone is 2. The zero-order valence-corrected chi connectivity index (χ0v) is 26.5. The Balaban J connectivity index is 0.000000197. The Kier molecular flexibility index (Phi) is 10.5. The molecule has 0 radical (unpaired) electrons. The average Bonchev–Trinajstić information content (AvgIpc) is 3.67. The lowest BCUT2D eigenvalue weighted by molar-refractivity contribution is -0.671. The maximum atomic E-state index is 9.54. The number of methoxy groups -OCH3 is 2. The van der Waals surface area contributed by atoms with Crippen LogP contribution in [0.15, 0.2) is 97.8 Å². The van der Waals surface area contributed by atoms with E-state index in [0.717, 1.165) is 55.6 Å². The normalized spacial score (nSPS) is 11.1. The summed E-state index contributed by atoms with van der Waals surface area (Å²) in [6.45, 7) is 0. The largest absolute Gasteiger partial charge is 1.00 e. The Bertz CT molecular complexity index is 2050. The van der Waals surface area contributed by atoms with Gasteiger partial charge in [0.2, 0.25) is 0 Å². The van der Waals surface area contributed by atoms with Crippen molar-refractivity contribution in [2.75, 3.05) is 14.2 Å². The van der Waals surface area contributed by atoms with Crippen molar-refractivity contribution in [2.45, 2.75) is 0 Å². The number of hydrogen-bond acceptors (Lipinski definition) is 5. The minimum Gasteiger partial charge on any atom is -1.00 e. The van der Waals surface area contributed by atoms with E-state index in [0.29, 0.717) is 11.1 Å². The van der Waals surface area contributed by atoms with Crippen LogP contribution in [0.1, 0.15) is 22.3 Å². The summed E-state index contributed by atoms with van der Waals surface area (Å²) in [5.41, 5.74) is 6.77. The topological polar surface area (TPSA) is 114 Å². The van der Waals surface area contributed by atoms with E-state index in [2.05, 4.69) is 27.1 Å². The number of nitrogens with one attached hydrogen (secondary N) is 2. The molecule has 2 N–H and O–H groups in total. The van der Waals surface area contributed by atoms with Gasteiger partial charge in [0.1, 0.15) is 18.5 Å². The van der Waals surface area contributed by atoms with Crippen LogP contribution in [0.2, 0.25) is 0 Å². The van der Waals surface area contributed by atoms with Crippen LogP contribution in [-0.4, -0.2) is 29.2 Å². The summed E-state index contributed by atoms with van der Waals surface area (Å²) < 4.78 is 12.5. The molecule has 0 unspecified atom stereocenters. The molecule has 0 atom stereocenters. The average molecular weight is 693 g/mol. The first-order chi connectivity index (χ1) is 21.0.